The van der Waals surface area contributed by atoms with Crippen LogP contribution in [0.15, 0.2) is 23.1 Å². The first-order valence-electron chi connectivity index (χ1n) is 4.53. The van der Waals surface area contributed by atoms with Crippen LogP contribution in [0.1, 0.15) is 0 Å². The van der Waals surface area contributed by atoms with Crippen LogP contribution < -0.4 is 11.3 Å². The Hall–Kier alpha value is -1.80. The highest BCUT2D eigenvalue weighted by molar-refractivity contribution is 8.00. The molecule has 8 heteroatoms. The minimum absolute atomic E-state index is 0.00532. The van der Waals surface area contributed by atoms with Crippen LogP contribution in [0, 0.1) is 10.1 Å². The van der Waals surface area contributed by atoms with Gasteiger partial charge in [0.25, 0.3) is 0 Å². The second-order valence-electron chi connectivity index (χ2n) is 2.92. The van der Waals surface area contributed by atoms with E-state index in [1.54, 1.807) is 12.1 Å². The summed E-state index contributed by atoms with van der Waals surface area (Å²) < 4.78 is 4.46. The van der Waals surface area contributed by atoms with Crippen molar-refractivity contribution in [2.75, 3.05) is 18.3 Å². The number of benzene rings is 1. The maximum atomic E-state index is 11.0. The van der Waals surface area contributed by atoms with Gasteiger partial charge in [0.1, 0.15) is 5.69 Å². The molecule has 0 saturated heterocycles. The number of ether oxygens (including phenoxy) is 1. The zero-order chi connectivity index (χ0) is 12.8. The van der Waals surface area contributed by atoms with E-state index < -0.39 is 10.9 Å². The SMILES string of the molecule is COC(=O)CSc1cccc(NN)c1[N+](=O)[O-]. The molecule has 0 bridgehead atoms. The normalized spacial score (nSPS) is 9.76. The number of methoxy groups -OCH3 is 1. The zero-order valence-corrected chi connectivity index (χ0v) is 9.82. The van der Waals surface area contributed by atoms with Crippen LogP contribution in [0.2, 0.25) is 0 Å². The number of anilines is 1. The molecule has 0 fully saturated rings. The van der Waals surface area contributed by atoms with Gasteiger partial charge in [-0.15, -0.1) is 11.8 Å². The van der Waals surface area contributed by atoms with Gasteiger partial charge in [-0.2, -0.15) is 0 Å². The summed E-state index contributed by atoms with van der Waals surface area (Å²) in [5.41, 5.74) is 2.30. The van der Waals surface area contributed by atoms with Crippen molar-refractivity contribution in [3.05, 3.63) is 28.3 Å². The molecule has 0 aliphatic carbocycles. The van der Waals surface area contributed by atoms with E-state index in [2.05, 4.69) is 10.2 Å². The molecule has 0 aliphatic heterocycles. The maximum absolute atomic E-state index is 11.0. The van der Waals surface area contributed by atoms with Crippen LogP contribution in [-0.2, 0) is 9.53 Å². The van der Waals surface area contributed by atoms with Crippen LogP contribution in [-0.4, -0.2) is 23.8 Å². The molecule has 1 rings (SSSR count). The number of nitrogen functional groups attached to an aromatic ring is 1. The number of carbonyl (C=O) groups excluding carboxylic acids is 1. The fourth-order valence-electron chi connectivity index (χ4n) is 1.14. The molecule has 0 spiro atoms. The minimum atomic E-state index is -0.547. The highest BCUT2D eigenvalue weighted by atomic mass is 32.2. The van der Waals surface area contributed by atoms with Crippen molar-refractivity contribution in [1.29, 1.82) is 0 Å². The second kappa shape index (κ2) is 6.06. The van der Waals surface area contributed by atoms with Crippen LogP contribution in [0.5, 0.6) is 0 Å². The Labute approximate surface area is 101 Å². The summed E-state index contributed by atoms with van der Waals surface area (Å²) in [6, 6.07) is 4.65. The molecule has 0 aliphatic rings. The summed E-state index contributed by atoms with van der Waals surface area (Å²) in [6.07, 6.45) is 0. The number of nitrogens with one attached hydrogen (secondary N) is 1. The van der Waals surface area contributed by atoms with Crippen molar-refractivity contribution in [3.63, 3.8) is 0 Å². The summed E-state index contributed by atoms with van der Waals surface area (Å²) in [6.45, 7) is 0. The van der Waals surface area contributed by atoms with Gasteiger partial charge in [-0.25, -0.2) is 0 Å². The molecule has 92 valence electrons. The largest absolute Gasteiger partial charge is 0.468 e. The molecule has 1 aromatic carbocycles. The van der Waals surface area contributed by atoms with Crippen LogP contribution in [0.25, 0.3) is 0 Å². The molecular weight excluding hydrogens is 246 g/mol. The lowest BCUT2D eigenvalue weighted by Crippen LogP contribution is -2.10. The summed E-state index contributed by atoms with van der Waals surface area (Å²) >= 11 is 1.03. The number of rotatable bonds is 5. The third-order valence-electron chi connectivity index (χ3n) is 1.91. The van der Waals surface area contributed by atoms with Gasteiger partial charge in [0.05, 0.1) is 22.7 Å². The van der Waals surface area contributed by atoms with Gasteiger partial charge in [-0.05, 0) is 12.1 Å². The average Bonchev–Trinajstić information content (AvgIpc) is 2.34. The predicted molar refractivity (Wildman–Crippen MR) is 63.6 cm³/mol. The van der Waals surface area contributed by atoms with Crippen molar-refractivity contribution >= 4 is 29.1 Å². The second-order valence-corrected chi connectivity index (χ2v) is 3.94. The first-order chi connectivity index (χ1) is 8.10. The monoisotopic (exact) mass is 257 g/mol. The number of thioether (sulfide) groups is 1. The van der Waals surface area contributed by atoms with E-state index in [1.165, 1.54) is 13.2 Å². The maximum Gasteiger partial charge on any atom is 0.315 e. The number of hydrogen-bond donors (Lipinski definition) is 2. The van der Waals surface area contributed by atoms with Crippen molar-refractivity contribution in [2.24, 2.45) is 5.84 Å². The van der Waals surface area contributed by atoms with Crippen LogP contribution in [0.3, 0.4) is 0 Å². The number of esters is 1. The van der Waals surface area contributed by atoms with Crippen molar-refractivity contribution < 1.29 is 14.5 Å². The fourth-order valence-corrected chi connectivity index (χ4v) is 2.03. The topological polar surface area (TPSA) is 107 Å². The van der Waals surface area contributed by atoms with Crippen molar-refractivity contribution in [2.45, 2.75) is 4.90 Å². The molecule has 0 radical (unpaired) electrons. The van der Waals surface area contributed by atoms with E-state index >= 15 is 0 Å². The molecule has 0 aromatic heterocycles. The van der Waals surface area contributed by atoms with Gasteiger partial charge in [-0.1, -0.05) is 6.07 Å². The van der Waals surface area contributed by atoms with Crippen molar-refractivity contribution in [1.82, 2.24) is 0 Å². The third-order valence-corrected chi connectivity index (χ3v) is 2.93. The lowest BCUT2D eigenvalue weighted by atomic mass is 10.3. The van der Waals surface area contributed by atoms with Gasteiger partial charge >= 0.3 is 11.7 Å². The Morgan fingerprint density at radius 1 is 1.65 bits per heavy atom. The quantitative estimate of drug-likeness (QED) is 0.268. The number of nitro benzene ring substituents is 1. The predicted octanol–water partition coefficient (Wildman–Crippen LogP) is 1.15. The van der Waals surface area contributed by atoms with Gasteiger partial charge in [-0.3, -0.25) is 20.8 Å². The molecule has 0 atom stereocenters. The Balaban J connectivity index is 2.98. The first kappa shape index (κ1) is 13.3. The number of nitrogens with zero attached hydrogens (tertiary/aromatic N) is 1. The average molecular weight is 257 g/mol. The van der Waals surface area contributed by atoms with Gasteiger partial charge in [0, 0.05) is 0 Å². The Kier molecular flexibility index (Phi) is 4.73. The van der Waals surface area contributed by atoms with Gasteiger partial charge in [0.15, 0.2) is 0 Å². The molecule has 17 heavy (non-hydrogen) atoms. The summed E-state index contributed by atoms with van der Waals surface area (Å²) in [5, 5.41) is 10.9. The number of para-hydroxylation sites is 1. The molecule has 0 saturated carbocycles. The number of nitrogens with two attached hydrogens (primary N) is 1. The smallest absolute Gasteiger partial charge is 0.315 e. The number of hydrogen-bond acceptors (Lipinski definition) is 7. The summed E-state index contributed by atoms with van der Waals surface area (Å²) in [7, 11) is 1.26. The van der Waals surface area contributed by atoms with Crippen LogP contribution in [0.4, 0.5) is 11.4 Å². The van der Waals surface area contributed by atoms with Gasteiger partial charge in [0.2, 0.25) is 0 Å². The van der Waals surface area contributed by atoms with E-state index in [0.29, 0.717) is 4.90 Å². The highest BCUT2D eigenvalue weighted by Crippen LogP contribution is 2.34. The van der Waals surface area contributed by atoms with E-state index in [-0.39, 0.29) is 17.1 Å². The lowest BCUT2D eigenvalue weighted by Gasteiger charge is -2.06. The molecular formula is C9H11N3O4S. The molecule has 3 N–H and O–H groups in total. The van der Waals surface area contributed by atoms with Crippen LogP contribution >= 0.6 is 11.8 Å². The molecule has 7 nitrogen and oxygen atoms in total. The Morgan fingerprint density at radius 3 is 2.88 bits per heavy atom. The minimum Gasteiger partial charge on any atom is -0.468 e. The number of hydrazine groups is 1. The number of nitro groups is 1. The van der Waals surface area contributed by atoms with E-state index in [0.717, 1.165) is 11.8 Å². The van der Waals surface area contributed by atoms with Crippen molar-refractivity contribution in [3.8, 4) is 0 Å². The summed E-state index contributed by atoms with van der Waals surface area (Å²) in [4.78, 5) is 21.7. The van der Waals surface area contributed by atoms with E-state index in [1.807, 2.05) is 0 Å². The van der Waals surface area contributed by atoms with Gasteiger partial charge < -0.3 is 10.2 Å². The Morgan fingerprint density at radius 2 is 2.35 bits per heavy atom. The molecule has 0 unspecified atom stereocenters. The summed E-state index contributed by atoms with van der Waals surface area (Å²) in [5.74, 6) is 4.74. The Bertz CT molecular complexity index is 438. The molecule has 0 amide bonds. The zero-order valence-electron chi connectivity index (χ0n) is 9.00. The number of carbonyl (C=O) groups is 1. The van der Waals surface area contributed by atoms with E-state index in [4.69, 9.17) is 5.84 Å². The first-order valence-corrected chi connectivity index (χ1v) is 5.52. The van der Waals surface area contributed by atoms with E-state index in [9.17, 15) is 14.9 Å². The molecule has 0 heterocycles. The highest BCUT2D eigenvalue weighted by Gasteiger charge is 2.20. The molecule has 1 aromatic rings. The third kappa shape index (κ3) is 3.33. The lowest BCUT2D eigenvalue weighted by molar-refractivity contribution is -0.386. The standard InChI is InChI=1S/C9H11N3O4S/c1-16-8(13)5-17-7-4-2-3-6(11-10)9(7)12(14)15/h2-4,11H,5,10H2,1H3. The fraction of sp³-hybridized carbons (Fsp3) is 0.222.